The number of carbonyl (C=O) groups is 2. The lowest BCUT2D eigenvalue weighted by atomic mass is 10.1. The fourth-order valence-electron chi connectivity index (χ4n) is 5.25. The topological polar surface area (TPSA) is 84.0 Å². The van der Waals surface area contributed by atoms with E-state index in [1.165, 1.54) is 11.8 Å². The summed E-state index contributed by atoms with van der Waals surface area (Å²) < 4.78 is 66.4. The Morgan fingerprint density at radius 3 is 1.91 bits per heavy atom. The van der Waals surface area contributed by atoms with Crippen molar-refractivity contribution in [3.63, 3.8) is 0 Å². The van der Waals surface area contributed by atoms with E-state index in [2.05, 4.69) is 4.90 Å². The van der Waals surface area contributed by atoms with Crippen molar-refractivity contribution in [2.24, 2.45) is 0 Å². The number of fused-ring (bicyclic) bond motifs is 2. The Hall–Kier alpha value is -3.36. The molecule has 260 valence electrons. The van der Waals surface area contributed by atoms with Gasteiger partial charge >= 0.3 is 18.4 Å². The zero-order valence-electron chi connectivity index (χ0n) is 28.3. The van der Waals surface area contributed by atoms with Gasteiger partial charge in [0, 0.05) is 74.7 Å². The van der Waals surface area contributed by atoms with Gasteiger partial charge in [0.05, 0.1) is 30.2 Å². The van der Waals surface area contributed by atoms with Crippen LogP contribution in [0.5, 0.6) is 0 Å². The number of piperazine rings is 1. The molecule has 2 heterocycles. The van der Waals surface area contributed by atoms with Crippen LogP contribution in [0.3, 0.4) is 0 Å². The molecule has 1 saturated heterocycles. The van der Waals surface area contributed by atoms with Gasteiger partial charge in [0.1, 0.15) is 11.2 Å². The molecule has 2 aromatic carbocycles. The van der Waals surface area contributed by atoms with Crippen molar-refractivity contribution in [3.8, 4) is 0 Å². The largest absolute Gasteiger partial charge is 0.444 e. The van der Waals surface area contributed by atoms with Crippen molar-refractivity contribution in [2.45, 2.75) is 68.7 Å². The lowest BCUT2D eigenvalue weighted by Crippen LogP contribution is -2.50. The van der Waals surface area contributed by atoms with Gasteiger partial charge in [-0.15, -0.1) is 0 Å². The van der Waals surface area contributed by atoms with Crippen molar-refractivity contribution in [1.82, 2.24) is 4.90 Å². The van der Waals surface area contributed by atoms with Crippen molar-refractivity contribution in [1.29, 1.82) is 0 Å². The molecule has 0 atom stereocenters. The predicted octanol–water partition coefficient (Wildman–Crippen LogP) is 7.40. The summed E-state index contributed by atoms with van der Waals surface area (Å²) in [5.41, 5.74) is -1.39. The molecular weight excluding hydrogens is 637 g/mol. The summed E-state index contributed by atoms with van der Waals surface area (Å²) in [5, 5.41) is 0. The number of hydrogen-bond donors (Lipinski definition) is 0. The molecule has 2 aliphatic heterocycles. The lowest BCUT2D eigenvalue weighted by molar-refractivity contribution is -0.137. The van der Waals surface area contributed by atoms with Gasteiger partial charge in [-0.2, -0.15) is 13.2 Å². The minimum Gasteiger partial charge on any atom is -0.444 e. The highest BCUT2D eigenvalue weighted by Crippen LogP contribution is 2.55. The molecule has 4 rings (SSSR count). The standard InChI is InChI=1S/C33H45F3N4O6S/c1-31(2,3)45-29(41)39-13-11-37(12-14-39)23-19-24(33(34,35)36)28-27(21-23)47-26-20-22(38(15-17-43-7)16-18-44-8)9-10-25(26)40(28)30(42)46-32(4,5)6/h9-10,19-21H,11-18H2,1-8H3. The van der Waals surface area contributed by atoms with Crippen molar-refractivity contribution in [3.05, 3.63) is 35.9 Å². The van der Waals surface area contributed by atoms with Gasteiger partial charge in [-0.1, -0.05) is 11.8 Å². The van der Waals surface area contributed by atoms with Crippen molar-refractivity contribution < 1.29 is 41.7 Å². The second kappa shape index (κ2) is 14.4. The highest BCUT2D eigenvalue weighted by molar-refractivity contribution is 7.99. The van der Waals surface area contributed by atoms with Crippen LogP contribution in [0.4, 0.5) is 45.5 Å². The number of halogens is 3. The van der Waals surface area contributed by atoms with Crippen LogP contribution in [0, 0.1) is 0 Å². The zero-order valence-corrected chi connectivity index (χ0v) is 29.1. The summed E-state index contributed by atoms with van der Waals surface area (Å²) in [7, 11) is 3.22. The zero-order chi connectivity index (χ0) is 34.7. The number of ether oxygens (including phenoxy) is 4. The Labute approximate surface area is 279 Å². The number of benzene rings is 2. The van der Waals surface area contributed by atoms with Gasteiger partial charge in [0.15, 0.2) is 0 Å². The van der Waals surface area contributed by atoms with Gasteiger partial charge in [0.2, 0.25) is 0 Å². The molecule has 2 aliphatic rings. The molecule has 0 unspecified atom stereocenters. The summed E-state index contributed by atoms with van der Waals surface area (Å²) >= 11 is 1.17. The predicted molar refractivity (Wildman–Crippen MR) is 176 cm³/mol. The quantitative estimate of drug-likeness (QED) is 0.283. The monoisotopic (exact) mass is 682 g/mol. The van der Waals surface area contributed by atoms with Crippen LogP contribution >= 0.6 is 11.8 Å². The van der Waals surface area contributed by atoms with Crippen LogP contribution in [0.1, 0.15) is 47.1 Å². The Kier molecular flexibility index (Phi) is 11.2. The second-order valence-electron chi connectivity index (χ2n) is 13.3. The third kappa shape index (κ3) is 9.17. The molecule has 1 fully saturated rings. The van der Waals surface area contributed by atoms with Gasteiger partial charge in [-0.3, -0.25) is 0 Å². The smallest absolute Gasteiger partial charge is 0.419 e. The third-order valence-electron chi connectivity index (χ3n) is 7.36. The fraction of sp³-hybridized carbons (Fsp3) is 0.576. The highest BCUT2D eigenvalue weighted by Gasteiger charge is 2.43. The van der Waals surface area contributed by atoms with Gasteiger partial charge in [0.25, 0.3) is 0 Å². The minimum absolute atomic E-state index is 0.264. The Morgan fingerprint density at radius 2 is 1.38 bits per heavy atom. The molecule has 0 saturated carbocycles. The minimum atomic E-state index is -4.78. The Bertz CT molecular complexity index is 1430. The highest BCUT2D eigenvalue weighted by atomic mass is 32.2. The van der Waals surface area contributed by atoms with E-state index in [0.29, 0.717) is 55.7 Å². The molecule has 0 spiro atoms. The molecule has 10 nitrogen and oxygen atoms in total. The Balaban J connectivity index is 1.77. The lowest BCUT2D eigenvalue weighted by Gasteiger charge is -2.39. The number of alkyl halides is 3. The molecule has 14 heteroatoms. The molecular formula is C33H45F3N4O6S. The van der Waals surface area contributed by atoms with Crippen LogP contribution in [0.15, 0.2) is 40.1 Å². The molecule has 2 amide bonds. The first kappa shape index (κ1) is 36.5. The van der Waals surface area contributed by atoms with Crippen LogP contribution in [0.25, 0.3) is 0 Å². The first-order valence-corrected chi connectivity index (χ1v) is 16.3. The van der Waals surface area contributed by atoms with Crippen LogP contribution < -0.4 is 14.7 Å². The van der Waals surface area contributed by atoms with E-state index in [1.807, 2.05) is 11.0 Å². The first-order valence-electron chi connectivity index (χ1n) is 15.5. The fourth-order valence-corrected chi connectivity index (χ4v) is 6.41. The second-order valence-corrected chi connectivity index (χ2v) is 14.4. The van der Waals surface area contributed by atoms with E-state index in [4.69, 9.17) is 18.9 Å². The molecule has 47 heavy (non-hydrogen) atoms. The van der Waals surface area contributed by atoms with Crippen molar-refractivity contribution >= 4 is 46.7 Å². The first-order chi connectivity index (χ1) is 21.9. The number of amides is 2. The summed E-state index contributed by atoms with van der Waals surface area (Å²) in [4.78, 5) is 33.7. The average molecular weight is 683 g/mol. The van der Waals surface area contributed by atoms with Crippen molar-refractivity contribution in [2.75, 3.05) is 81.4 Å². The average Bonchev–Trinajstić information content (AvgIpc) is 2.97. The van der Waals surface area contributed by atoms with E-state index >= 15 is 0 Å². The molecule has 0 aliphatic carbocycles. The third-order valence-corrected chi connectivity index (χ3v) is 8.44. The number of anilines is 4. The maximum atomic E-state index is 14.9. The number of rotatable bonds is 8. The van der Waals surface area contributed by atoms with E-state index in [-0.39, 0.29) is 23.7 Å². The molecule has 0 radical (unpaired) electrons. The number of hydrogen-bond acceptors (Lipinski definition) is 9. The van der Waals surface area contributed by atoms with E-state index < -0.39 is 35.1 Å². The summed E-state index contributed by atoms with van der Waals surface area (Å²) in [6.07, 6.45) is -6.15. The van der Waals surface area contributed by atoms with Gasteiger partial charge in [-0.05, 0) is 71.9 Å². The number of nitrogens with zero attached hydrogens (tertiary/aromatic N) is 4. The molecule has 0 N–H and O–H groups in total. The van der Waals surface area contributed by atoms with Crippen LogP contribution in [-0.2, 0) is 25.1 Å². The van der Waals surface area contributed by atoms with Gasteiger partial charge in [-0.25, -0.2) is 14.5 Å². The Morgan fingerprint density at radius 1 is 0.809 bits per heavy atom. The van der Waals surface area contributed by atoms with Gasteiger partial charge < -0.3 is 33.6 Å². The SMILES string of the molecule is COCCN(CCOC)c1ccc2c(c1)Sc1cc(N3CCN(C(=O)OC(C)(C)C)CC3)cc(C(F)(F)F)c1N2C(=O)OC(C)(C)C. The molecule has 0 aromatic heterocycles. The summed E-state index contributed by atoms with van der Waals surface area (Å²) in [6.45, 7) is 13.6. The maximum Gasteiger partial charge on any atom is 0.419 e. The molecule has 0 bridgehead atoms. The number of carbonyl (C=O) groups excluding carboxylic acids is 2. The van der Waals surface area contributed by atoms with E-state index in [9.17, 15) is 22.8 Å². The summed E-state index contributed by atoms with van der Waals surface area (Å²) in [5.74, 6) is 0. The van der Waals surface area contributed by atoms with Crippen LogP contribution in [-0.4, -0.2) is 95.0 Å². The van der Waals surface area contributed by atoms with E-state index in [1.54, 1.807) is 78.9 Å². The summed E-state index contributed by atoms with van der Waals surface area (Å²) in [6, 6.07) is 8.06. The van der Waals surface area contributed by atoms with Crippen LogP contribution in [0.2, 0.25) is 0 Å². The van der Waals surface area contributed by atoms with E-state index in [0.717, 1.165) is 16.7 Å². The normalized spacial score (nSPS) is 15.3. The molecule has 2 aromatic rings. The number of methoxy groups -OCH3 is 2. The maximum absolute atomic E-state index is 14.9.